The van der Waals surface area contributed by atoms with Gasteiger partial charge in [-0.3, -0.25) is 18.7 Å². The van der Waals surface area contributed by atoms with Gasteiger partial charge in [0.2, 0.25) is 19.6 Å². The summed E-state index contributed by atoms with van der Waals surface area (Å²) in [5.41, 5.74) is 1.18. The maximum Gasteiger partial charge on any atom is 0.326 e. The molecule has 9 heteroatoms. The van der Waals surface area contributed by atoms with Crippen LogP contribution in [-0.2, 0) is 34.6 Å². The number of hydrogen-bond acceptors (Lipinski definition) is 6. The lowest BCUT2D eigenvalue weighted by atomic mass is 9.79. The van der Waals surface area contributed by atoms with E-state index in [0.29, 0.717) is 25.3 Å². The summed E-state index contributed by atoms with van der Waals surface area (Å²) in [6.07, 6.45) is 7.12. The van der Waals surface area contributed by atoms with E-state index in [-0.39, 0.29) is 30.6 Å². The molecule has 1 unspecified atom stereocenters. The topological polar surface area (TPSA) is 110 Å². The summed E-state index contributed by atoms with van der Waals surface area (Å²) in [6, 6.07) is 9.10. The molecule has 1 saturated heterocycles. The Morgan fingerprint density at radius 3 is 2.36 bits per heavy atom. The first kappa shape index (κ1) is 31.3. The fraction of sp³-hybridized carbons (Fsp3) is 0.700. The Morgan fingerprint density at radius 2 is 1.74 bits per heavy atom. The van der Waals surface area contributed by atoms with Crippen LogP contribution in [0.25, 0.3) is 0 Å². The highest BCUT2D eigenvalue weighted by molar-refractivity contribution is 7.59. The molecule has 1 heterocycles. The van der Waals surface area contributed by atoms with Crippen LogP contribution in [0.5, 0.6) is 0 Å². The van der Waals surface area contributed by atoms with Gasteiger partial charge in [0, 0.05) is 25.0 Å². The van der Waals surface area contributed by atoms with Gasteiger partial charge >= 0.3 is 11.9 Å². The normalized spacial score (nSPS) is 22.4. The molecular weight excluding hydrogens is 517 g/mol. The molecule has 0 radical (unpaired) electrons. The summed E-state index contributed by atoms with van der Waals surface area (Å²) in [5.74, 6) is -1.61. The molecule has 1 aromatic rings. The van der Waals surface area contributed by atoms with E-state index < -0.39 is 37.5 Å². The van der Waals surface area contributed by atoms with Crippen LogP contribution in [0.3, 0.4) is 0 Å². The molecule has 1 amide bonds. The van der Waals surface area contributed by atoms with Crippen LogP contribution in [0.15, 0.2) is 30.3 Å². The second-order valence-electron chi connectivity index (χ2n) is 11.5. The second-order valence-corrected chi connectivity index (χ2v) is 14.1. The van der Waals surface area contributed by atoms with Gasteiger partial charge in [0.15, 0.2) is 0 Å². The molecule has 3 rings (SSSR count). The average Bonchev–Trinajstić information content (AvgIpc) is 3.38. The predicted octanol–water partition coefficient (Wildman–Crippen LogP) is 6.12. The molecule has 8 nitrogen and oxygen atoms in total. The number of nitrogens with zero attached hydrogens (tertiary/aromatic N) is 1. The number of aliphatic carboxylic acids is 1. The molecule has 2 fully saturated rings. The van der Waals surface area contributed by atoms with E-state index in [1.807, 2.05) is 44.2 Å². The Hall–Kier alpha value is -2.18. The summed E-state index contributed by atoms with van der Waals surface area (Å²) in [5, 5.41) is 9.92. The van der Waals surface area contributed by atoms with Crippen LogP contribution in [0, 0.1) is 17.8 Å². The summed E-state index contributed by atoms with van der Waals surface area (Å²) in [7, 11) is -3.60. The van der Waals surface area contributed by atoms with E-state index in [1.165, 1.54) is 16.9 Å². The molecular formula is C30H46NO7P. The SMILES string of the molecule is CCC(=O)O[C@H](OP(=O)(CCCCc1ccccc1)CC(=O)N1C[C@H](C2CCCCC2)C[C@H]1C(=O)O)C(C)C. The lowest BCUT2D eigenvalue weighted by molar-refractivity contribution is -0.169. The molecule has 1 aliphatic heterocycles. The zero-order valence-corrected chi connectivity index (χ0v) is 24.7. The van der Waals surface area contributed by atoms with Gasteiger partial charge in [0.1, 0.15) is 12.2 Å². The van der Waals surface area contributed by atoms with Crippen molar-refractivity contribution in [3.05, 3.63) is 35.9 Å². The fourth-order valence-corrected chi connectivity index (χ4v) is 8.10. The Balaban J connectivity index is 1.73. The Kier molecular flexibility index (Phi) is 12.1. The van der Waals surface area contributed by atoms with Crippen molar-refractivity contribution < 1.29 is 33.3 Å². The zero-order chi connectivity index (χ0) is 28.4. The number of esters is 1. The summed E-state index contributed by atoms with van der Waals surface area (Å²) in [6.45, 7) is 5.68. The van der Waals surface area contributed by atoms with Gasteiger partial charge < -0.3 is 14.7 Å². The quantitative estimate of drug-likeness (QED) is 0.126. The molecule has 1 aromatic carbocycles. The molecule has 0 spiro atoms. The minimum absolute atomic E-state index is 0.149. The zero-order valence-electron chi connectivity index (χ0n) is 23.8. The van der Waals surface area contributed by atoms with Gasteiger partial charge in [-0.2, -0.15) is 0 Å². The molecule has 1 saturated carbocycles. The highest BCUT2D eigenvalue weighted by atomic mass is 31.2. The van der Waals surface area contributed by atoms with Crippen LogP contribution in [0.4, 0.5) is 0 Å². The van der Waals surface area contributed by atoms with Crippen molar-refractivity contribution in [2.45, 2.75) is 97.3 Å². The third kappa shape index (κ3) is 9.46. The Bertz CT molecular complexity index is 992. The summed E-state index contributed by atoms with van der Waals surface area (Å²) < 4.78 is 25.7. The Labute approximate surface area is 233 Å². The van der Waals surface area contributed by atoms with Crippen LogP contribution in [0.2, 0.25) is 0 Å². The average molecular weight is 564 g/mol. The third-order valence-electron chi connectivity index (χ3n) is 8.07. The molecule has 2 aliphatic rings. The number of carboxylic acids is 1. The van der Waals surface area contributed by atoms with Crippen molar-refractivity contribution in [2.24, 2.45) is 17.8 Å². The van der Waals surface area contributed by atoms with E-state index in [9.17, 15) is 24.1 Å². The molecule has 1 aliphatic carbocycles. The smallest absolute Gasteiger partial charge is 0.326 e. The van der Waals surface area contributed by atoms with E-state index in [2.05, 4.69) is 0 Å². The number of aryl methyl sites for hydroxylation is 1. The predicted molar refractivity (Wildman–Crippen MR) is 151 cm³/mol. The summed E-state index contributed by atoms with van der Waals surface area (Å²) >= 11 is 0. The lowest BCUT2D eigenvalue weighted by Gasteiger charge is -2.30. The summed E-state index contributed by atoms with van der Waals surface area (Å²) in [4.78, 5) is 39.2. The van der Waals surface area contributed by atoms with Gasteiger partial charge in [0.05, 0.1) is 0 Å². The van der Waals surface area contributed by atoms with Gasteiger partial charge in [-0.15, -0.1) is 0 Å². The van der Waals surface area contributed by atoms with E-state index in [4.69, 9.17) is 9.26 Å². The van der Waals surface area contributed by atoms with Crippen LogP contribution < -0.4 is 0 Å². The molecule has 218 valence electrons. The molecule has 0 bridgehead atoms. The maximum absolute atomic E-state index is 14.2. The maximum atomic E-state index is 14.2. The molecule has 0 aromatic heterocycles. The van der Waals surface area contributed by atoms with Crippen LogP contribution in [-0.4, -0.2) is 59.1 Å². The number of unbranched alkanes of at least 4 members (excludes halogenated alkanes) is 1. The van der Waals surface area contributed by atoms with E-state index >= 15 is 0 Å². The van der Waals surface area contributed by atoms with Gasteiger partial charge in [-0.05, 0) is 43.1 Å². The van der Waals surface area contributed by atoms with Crippen molar-refractivity contribution >= 4 is 25.2 Å². The number of hydrogen-bond donors (Lipinski definition) is 1. The second kappa shape index (κ2) is 15.0. The van der Waals surface area contributed by atoms with Crippen molar-refractivity contribution in [1.82, 2.24) is 4.90 Å². The van der Waals surface area contributed by atoms with Crippen molar-refractivity contribution in [1.29, 1.82) is 0 Å². The number of amides is 1. The first-order valence-electron chi connectivity index (χ1n) is 14.6. The molecule has 4 atom stereocenters. The third-order valence-corrected chi connectivity index (χ3v) is 10.4. The lowest BCUT2D eigenvalue weighted by Crippen LogP contribution is -2.42. The highest BCUT2D eigenvalue weighted by Gasteiger charge is 2.44. The number of carbonyl (C=O) groups excluding carboxylic acids is 2. The molecule has 39 heavy (non-hydrogen) atoms. The van der Waals surface area contributed by atoms with E-state index in [1.54, 1.807) is 6.92 Å². The van der Waals surface area contributed by atoms with Gasteiger partial charge in [0.25, 0.3) is 0 Å². The van der Waals surface area contributed by atoms with Gasteiger partial charge in [-0.25, -0.2) is 4.79 Å². The standard InChI is InChI=1S/C30H46NO7P/c1-4-28(33)37-30(22(2)3)38-39(36,18-12-11-15-23-13-7-5-8-14-23)21-27(32)31-20-25(19-26(31)29(34)35)24-16-9-6-10-17-24/h5,7-8,13-14,22,24-26,30H,4,6,9-12,15-21H2,1-3H3,(H,34,35)/t25-,26+,30-,39?/m1/s1. The first-order chi connectivity index (χ1) is 18.6. The minimum atomic E-state index is -3.60. The van der Waals surface area contributed by atoms with Gasteiger partial charge in [-0.1, -0.05) is 83.2 Å². The first-order valence-corrected chi connectivity index (χ1v) is 16.6. The number of benzene rings is 1. The number of ether oxygens (including phenoxy) is 1. The Morgan fingerprint density at radius 1 is 1.05 bits per heavy atom. The largest absolute Gasteiger partial charge is 0.480 e. The number of carbonyl (C=O) groups is 3. The van der Waals surface area contributed by atoms with Crippen molar-refractivity contribution in [3.63, 3.8) is 0 Å². The van der Waals surface area contributed by atoms with Crippen LogP contribution in [0.1, 0.15) is 84.1 Å². The number of carboxylic acid groups (broad SMARTS) is 1. The molecule has 1 N–H and O–H groups in total. The minimum Gasteiger partial charge on any atom is -0.480 e. The number of rotatable bonds is 14. The monoisotopic (exact) mass is 563 g/mol. The van der Waals surface area contributed by atoms with Crippen LogP contribution >= 0.6 is 7.37 Å². The fourth-order valence-electron chi connectivity index (χ4n) is 5.80. The highest BCUT2D eigenvalue weighted by Crippen LogP contribution is 2.51. The van der Waals surface area contributed by atoms with Crippen molar-refractivity contribution in [2.75, 3.05) is 18.9 Å². The van der Waals surface area contributed by atoms with E-state index in [0.717, 1.165) is 38.5 Å². The number of likely N-dealkylation sites (tertiary alicyclic amines) is 1. The van der Waals surface area contributed by atoms with Crippen molar-refractivity contribution in [3.8, 4) is 0 Å².